The minimum Gasteiger partial charge on any atom is -0.478 e. The van der Waals surface area contributed by atoms with Crippen LogP contribution in [0.5, 0.6) is 0 Å². The molecule has 0 bridgehead atoms. The second kappa shape index (κ2) is 35.8. The van der Waals surface area contributed by atoms with Crippen molar-refractivity contribution in [1.82, 2.24) is 0 Å². The fourth-order valence-electron chi connectivity index (χ4n) is 33.2. The molecule has 0 radical (unpaired) electrons. The van der Waals surface area contributed by atoms with Crippen molar-refractivity contribution in [2.45, 2.75) is 353 Å². The van der Waals surface area contributed by atoms with Crippen LogP contribution in [0, 0.1) is 140 Å². The lowest BCUT2D eigenvalue weighted by Crippen LogP contribution is -2.59. The molecule has 0 aromatic heterocycles. The number of aliphatic carboxylic acids is 1. The molecule has 15 aliphatic rings. The lowest BCUT2D eigenvalue weighted by atomic mass is 9.42. The van der Waals surface area contributed by atoms with Gasteiger partial charge in [0.15, 0.2) is 0 Å². The molecule has 9 unspecified atom stereocenters. The zero-order valence-corrected chi connectivity index (χ0v) is 77.1. The maximum absolute atomic E-state index is 13.2. The zero-order valence-electron chi connectivity index (χ0n) is 77.1. The van der Waals surface area contributed by atoms with E-state index in [0.717, 1.165) is 114 Å². The number of aldehydes is 2. The Morgan fingerprint density at radius 2 is 0.708 bits per heavy atom. The molecule has 0 amide bonds. The van der Waals surface area contributed by atoms with Gasteiger partial charge in [-0.25, -0.2) is 14.4 Å². The summed E-state index contributed by atoms with van der Waals surface area (Å²) < 4.78 is 9.73. The Hall–Kier alpha value is -4.24. The second-order valence-electron chi connectivity index (χ2n) is 46.7. The van der Waals surface area contributed by atoms with Crippen molar-refractivity contribution in [2.75, 3.05) is 47.3 Å². The molecule has 15 aliphatic carbocycles. The lowest BCUT2D eigenvalue weighted by molar-refractivity contribution is -0.181. The van der Waals surface area contributed by atoms with Crippen molar-refractivity contribution in [1.29, 1.82) is 0 Å². The van der Waals surface area contributed by atoms with Gasteiger partial charge in [0, 0.05) is 58.6 Å². The molecule has 0 aromatic rings. The number of aliphatic hydroxyl groups excluding tert-OH is 9. The van der Waals surface area contributed by atoms with Crippen molar-refractivity contribution in [3.05, 3.63) is 58.2 Å². The molecule has 10 N–H and O–H groups in total. The lowest BCUT2D eigenvalue weighted by Gasteiger charge is -2.63. The third kappa shape index (κ3) is 16.5. The standard InChI is InChI=1S/2C21H32O4.C20H32O4.C20H34O3.C20H32O3/c2*1-19(2)9-5-10-20(3)15(19)8-11-21(13-22)16(20)7-6-14(12-17(21)23)18(24)25-4;1-18(2)8-4-9-19(3)14(18)7-10-20(12-21)15(19)6-5-13(17(23)24)11-16(20)22;2*1-18(2)8-4-9-19(3)15(18)7-10-20(13-22)16(19)6-5-14(12-21)11-17(20)23/h6,15-16,22H,5,7-13H2,1-4H3;6,13,15-17,23H,5,7-12H2,1-4H3;5,14-16,21-22H,4,6-12H2,1-3H3,(H,23,24);5,15-17,21-23H,4,6-13H2,1-3H3;5,12,15-17,22-23H,4,6-11,13H2,1-3H3/t15?,16-,20+,21+;15?,16-,17?,20+,21+;14?,15-,16?,19+,20+;2*15?,16-,17?,19+,20+/m11111/s1. The summed E-state index contributed by atoms with van der Waals surface area (Å²) in [7, 11) is 2.72. The Kier molecular flexibility index (Phi) is 28.7. The van der Waals surface area contributed by atoms with Crippen LogP contribution in [0.3, 0.4) is 0 Å². The van der Waals surface area contributed by atoms with Crippen LogP contribution in [-0.2, 0) is 38.2 Å². The monoisotopic (exact) mass is 1680 g/mol. The normalized spacial score (nSPS) is 44.0. The van der Waals surface area contributed by atoms with E-state index in [1.54, 1.807) is 0 Å². The van der Waals surface area contributed by atoms with E-state index in [2.05, 4.69) is 110 Å². The average Bonchev–Trinajstić information content (AvgIpc) is 1.11. The molecule has 24 atom stereocenters. The zero-order chi connectivity index (χ0) is 88.4. The summed E-state index contributed by atoms with van der Waals surface area (Å²) in [4.78, 5) is 72.3. The minimum atomic E-state index is -0.938. The third-order valence-corrected chi connectivity index (χ3v) is 39.4. The van der Waals surface area contributed by atoms with Crippen molar-refractivity contribution in [3.63, 3.8) is 0 Å². The van der Waals surface area contributed by atoms with Crippen LogP contribution < -0.4 is 0 Å². The van der Waals surface area contributed by atoms with Crippen LogP contribution in [0.25, 0.3) is 0 Å². The molecule has 18 nitrogen and oxygen atoms in total. The van der Waals surface area contributed by atoms with E-state index in [4.69, 9.17) is 9.47 Å². The number of carboxylic acids is 1. The van der Waals surface area contributed by atoms with Gasteiger partial charge in [-0.3, -0.25) is 9.59 Å². The van der Waals surface area contributed by atoms with Gasteiger partial charge < -0.3 is 65.3 Å². The predicted molar refractivity (Wildman–Crippen MR) is 467 cm³/mol. The second-order valence-corrected chi connectivity index (χ2v) is 46.7. The molecular formula is C102H162O18. The number of carboxylic acid groups (broad SMARTS) is 1. The number of esters is 2. The van der Waals surface area contributed by atoms with E-state index in [1.807, 2.05) is 24.3 Å². The fourth-order valence-corrected chi connectivity index (χ4v) is 33.2. The highest BCUT2D eigenvalue weighted by Gasteiger charge is 2.68. The summed E-state index contributed by atoms with van der Waals surface area (Å²) >= 11 is 0. The molecule has 0 heterocycles. The molecule has 10 saturated carbocycles. The van der Waals surface area contributed by atoms with Gasteiger partial charge in [0.2, 0.25) is 0 Å². The highest BCUT2D eigenvalue weighted by molar-refractivity contribution is 5.98. The van der Waals surface area contributed by atoms with E-state index >= 15 is 0 Å². The molecule has 678 valence electrons. The molecule has 0 saturated heterocycles. The van der Waals surface area contributed by atoms with E-state index in [1.165, 1.54) is 84.8 Å². The SMILES string of the molecule is CC1(C)CCC[C@@]2(C)C1CC[C@@]1(CO)C(O)CC(C(=O)O)=CC[C@@H]12.CC1(C)CCC[C@@]2(C)C1CC[C@@]1(CO)C(O)CC(C=O)=CC[C@@H]12.CC1(C)CCC[C@@]2(C)C1CC[C@@]1(CO)C(O)CC(CO)=CC[C@@H]12.COC(=O)C1=CC[C@@H]2[C@@]3(C)CCCC(C)(C)C3CC[C@@]2(C=O)C(O)C1.COC(=O)C1=CC[C@H]2[C@@](CO)(CCC3C(C)(C)CCC[C@@]32C)C(=O)C1. The summed E-state index contributed by atoms with van der Waals surface area (Å²) in [6, 6.07) is 0. The molecule has 0 aromatic carbocycles. The molecule has 15 rings (SSSR count). The first-order valence-electron chi connectivity index (χ1n) is 47.2. The number of carbonyl (C=O) groups excluding carboxylic acids is 5. The fraction of sp³-hybridized carbons (Fsp3) is 0.843. The van der Waals surface area contributed by atoms with Gasteiger partial charge in [0.05, 0.1) is 82.5 Å². The van der Waals surface area contributed by atoms with Crippen LogP contribution in [0.1, 0.15) is 329 Å². The number of fused-ring (bicyclic) bond motifs is 15. The Labute approximate surface area is 720 Å². The summed E-state index contributed by atoms with van der Waals surface area (Å²) in [5.74, 6) is 2.12. The van der Waals surface area contributed by atoms with Gasteiger partial charge in [-0.15, -0.1) is 0 Å². The van der Waals surface area contributed by atoms with Gasteiger partial charge >= 0.3 is 17.9 Å². The van der Waals surface area contributed by atoms with Crippen LogP contribution in [-0.4, -0.2) is 159 Å². The van der Waals surface area contributed by atoms with Gasteiger partial charge in [0.1, 0.15) is 18.4 Å². The first-order valence-corrected chi connectivity index (χ1v) is 47.2. The highest BCUT2D eigenvalue weighted by atomic mass is 16.5. The minimum absolute atomic E-state index is 0.0178. The average molecular weight is 1680 g/mol. The Balaban J connectivity index is 0.000000147. The number of hydrogen-bond donors (Lipinski definition) is 10. The van der Waals surface area contributed by atoms with E-state index < -0.39 is 63.4 Å². The first-order chi connectivity index (χ1) is 56.2. The quantitative estimate of drug-likeness (QED) is 0.0552. The van der Waals surface area contributed by atoms with Gasteiger partial charge in [0.25, 0.3) is 0 Å². The summed E-state index contributed by atoms with van der Waals surface area (Å²) in [6.45, 7) is 35.5. The van der Waals surface area contributed by atoms with E-state index in [9.17, 15) is 79.8 Å². The molecule has 120 heavy (non-hydrogen) atoms. The topological polar surface area (TPSA) is 323 Å². The first kappa shape index (κ1) is 96.4. The van der Waals surface area contributed by atoms with E-state index in [0.29, 0.717) is 107 Å². The van der Waals surface area contributed by atoms with Crippen molar-refractivity contribution in [3.8, 4) is 0 Å². The number of carbonyl (C=O) groups is 6. The molecule has 18 heteroatoms. The van der Waals surface area contributed by atoms with Gasteiger partial charge in [-0.2, -0.15) is 0 Å². The van der Waals surface area contributed by atoms with Crippen molar-refractivity contribution < 1.29 is 89.3 Å². The Bertz CT molecular complexity index is 3830. The number of aliphatic hydroxyl groups is 9. The number of allylic oxidation sites excluding steroid dienone is 5. The van der Waals surface area contributed by atoms with Crippen LogP contribution >= 0.6 is 0 Å². The largest absolute Gasteiger partial charge is 0.478 e. The van der Waals surface area contributed by atoms with Gasteiger partial charge in [-0.1, -0.05) is 166 Å². The maximum atomic E-state index is 13.2. The Morgan fingerprint density at radius 3 is 1.10 bits per heavy atom. The smallest absolute Gasteiger partial charge is 0.333 e. The Morgan fingerprint density at radius 1 is 0.375 bits per heavy atom. The predicted octanol–water partition coefficient (Wildman–Crippen LogP) is 17.5. The number of ether oxygens (including phenoxy) is 2. The van der Waals surface area contributed by atoms with Gasteiger partial charge in [-0.05, 0) is 291 Å². The number of ketones is 1. The third-order valence-electron chi connectivity index (χ3n) is 39.4. The van der Waals surface area contributed by atoms with Crippen molar-refractivity contribution in [2.24, 2.45) is 140 Å². The van der Waals surface area contributed by atoms with Crippen LogP contribution in [0.4, 0.5) is 0 Å². The number of hydrogen-bond acceptors (Lipinski definition) is 17. The maximum Gasteiger partial charge on any atom is 0.333 e. The molecule has 10 fully saturated rings. The molecule has 0 spiro atoms. The number of Topliss-reactive ketones (excluding diaryl/α,β-unsaturated/α-hetero) is 1. The number of rotatable bonds is 10. The summed E-state index contributed by atoms with van der Waals surface area (Å²) in [5.41, 5.74) is 1.93. The van der Waals surface area contributed by atoms with Crippen LogP contribution in [0.15, 0.2) is 58.2 Å². The number of methoxy groups -OCH3 is 2. The summed E-state index contributed by atoms with van der Waals surface area (Å²) in [5, 5.41) is 104. The molecular weight excluding hydrogens is 1510 g/mol. The van der Waals surface area contributed by atoms with Crippen LogP contribution in [0.2, 0.25) is 0 Å². The van der Waals surface area contributed by atoms with Crippen molar-refractivity contribution >= 4 is 36.3 Å². The van der Waals surface area contributed by atoms with E-state index in [-0.39, 0.29) is 131 Å². The summed E-state index contributed by atoms with van der Waals surface area (Å²) in [6.07, 6.45) is 41.1. The highest BCUT2D eigenvalue weighted by Crippen LogP contribution is 2.73. The molecule has 0 aliphatic heterocycles.